The Morgan fingerprint density at radius 2 is 2.32 bits per heavy atom. The Balaban J connectivity index is 0.00000324. The zero-order chi connectivity index (χ0) is 13.2. The van der Waals surface area contributed by atoms with Crippen LogP contribution in [0.1, 0.15) is 26.7 Å². The van der Waals surface area contributed by atoms with Crippen LogP contribution in [0, 0.1) is 5.92 Å². The molecule has 1 saturated heterocycles. The first-order valence-corrected chi connectivity index (χ1v) is 6.96. The fourth-order valence-corrected chi connectivity index (χ4v) is 2.21. The molecule has 4 nitrogen and oxygen atoms in total. The first kappa shape index (κ1) is 18.7. The lowest BCUT2D eigenvalue weighted by Gasteiger charge is -2.21. The maximum Gasteiger partial charge on any atom is 0.193 e. The van der Waals surface area contributed by atoms with Gasteiger partial charge in [0.2, 0.25) is 0 Å². The number of nitrogens with zero attached hydrogens (tertiary/aromatic N) is 2. The molecule has 0 aliphatic carbocycles. The molecule has 0 aromatic rings. The monoisotopic (exact) mass is 381 g/mol. The second-order valence-electron chi connectivity index (χ2n) is 4.59. The fourth-order valence-electron chi connectivity index (χ4n) is 2.21. The average Bonchev–Trinajstić information content (AvgIpc) is 2.85. The second kappa shape index (κ2) is 11.5. The zero-order valence-electron chi connectivity index (χ0n) is 12.4. The minimum absolute atomic E-state index is 0. The molecule has 0 bridgehead atoms. The topological polar surface area (TPSA) is 36.9 Å². The molecule has 1 aliphatic heterocycles. The molecule has 1 unspecified atom stereocenters. The minimum atomic E-state index is 0. The van der Waals surface area contributed by atoms with Gasteiger partial charge in [0.05, 0.1) is 6.61 Å². The molecule has 0 aromatic carbocycles. The van der Waals surface area contributed by atoms with Crippen molar-refractivity contribution in [2.24, 2.45) is 10.9 Å². The van der Waals surface area contributed by atoms with Crippen LogP contribution in [0.15, 0.2) is 17.1 Å². The van der Waals surface area contributed by atoms with E-state index in [1.54, 1.807) is 0 Å². The van der Waals surface area contributed by atoms with Crippen molar-refractivity contribution in [1.82, 2.24) is 10.2 Å². The summed E-state index contributed by atoms with van der Waals surface area (Å²) in [6.07, 6.45) is 6.50. The molecule has 1 aliphatic rings. The number of nitrogens with one attached hydrogen (secondary N) is 1. The number of likely N-dealkylation sites (tertiary alicyclic amines) is 1. The van der Waals surface area contributed by atoms with Crippen LogP contribution in [0.3, 0.4) is 0 Å². The van der Waals surface area contributed by atoms with E-state index in [0.29, 0.717) is 5.92 Å². The summed E-state index contributed by atoms with van der Waals surface area (Å²) in [7, 11) is 1.86. The number of hydrogen-bond donors (Lipinski definition) is 1. The summed E-state index contributed by atoms with van der Waals surface area (Å²) < 4.78 is 5.50. The molecule has 1 N–H and O–H groups in total. The van der Waals surface area contributed by atoms with E-state index in [1.165, 1.54) is 6.42 Å². The van der Waals surface area contributed by atoms with Crippen molar-refractivity contribution in [2.45, 2.75) is 26.7 Å². The van der Waals surface area contributed by atoms with E-state index >= 15 is 0 Å². The van der Waals surface area contributed by atoms with E-state index in [1.807, 2.05) is 14.0 Å². The van der Waals surface area contributed by atoms with Crippen molar-refractivity contribution in [3.05, 3.63) is 12.2 Å². The van der Waals surface area contributed by atoms with E-state index in [0.717, 1.165) is 45.2 Å². The van der Waals surface area contributed by atoms with Crippen LogP contribution in [-0.2, 0) is 4.74 Å². The molecular formula is C14H28IN3O. The second-order valence-corrected chi connectivity index (χ2v) is 4.59. The van der Waals surface area contributed by atoms with Crippen LogP contribution in [0.4, 0.5) is 0 Å². The number of allylic oxidation sites excluding steroid dienone is 1. The van der Waals surface area contributed by atoms with E-state index in [2.05, 4.69) is 34.3 Å². The van der Waals surface area contributed by atoms with Crippen LogP contribution in [0.2, 0.25) is 0 Å². The van der Waals surface area contributed by atoms with E-state index < -0.39 is 0 Å². The lowest BCUT2D eigenvalue weighted by atomic mass is 10.1. The molecular weight excluding hydrogens is 353 g/mol. The molecule has 5 heteroatoms. The zero-order valence-corrected chi connectivity index (χ0v) is 14.7. The molecule has 0 amide bonds. The maximum absolute atomic E-state index is 5.50. The van der Waals surface area contributed by atoms with Gasteiger partial charge in [0.15, 0.2) is 5.96 Å². The first-order valence-electron chi connectivity index (χ1n) is 6.96. The van der Waals surface area contributed by atoms with Crippen LogP contribution in [-0.4, -0.2) is 50.8 Å². The number of aliphatic imine (C=N–C) groups is 1. The fraction of sp³-hybridized carbons (Fsp3) is 0.786. The maximum atomic E-state index is 5.50. The molecule has 1 heterocycles. The van der Waals surface area contributed by atoms with E-state index in [9.17, 15) is 0 Å². The van der Waals surface area contributed by atoms with Gasteiger partial charge < -0.3 is 15.0 Å². The number of rotatable bonds is 6. The lowest BCUT2D eigenvalue weighted by Crippen LogP contribution is -2.40. The summed E-state index contributed by atoms with van der Waals surface area (Å²) in [6.45, 7) is 8.88. The number of ether oxygens (including phenoxy) is 1. The van der Waals surface area contributed by atoms with Gasteiger partial charge in [-0.1, -0.05) is 12.2 Å². The molecule has 1 atom stereocenters. The molecule has 1 fully saturated rings. The predicted octanol–water partition coefficient (Wildman–Crippen LogP) is 2.50. The molecule has 0 aromatic heterocycles. The van der Waals surface area contributed by atoms with Crippen molar-refractivity contribution in [3.8, 4) is 0 Å². The Morgan fingerprint density at radius 3 is 2.95 bits per heavy atom. The van der Waals surface area contributed by atoms with Crippen LogP contribution < -0.4 is 5.32 Å². The van der Waals surface area contributed by atoms with Gasteiger partial charge in [-0.05, 0) is 26.7 Å². The van der Waals surface area contributed by atoms with Crippen LogP contribution in [0.5, 0.6) is 0 Å². The van der Waals surface area contributed by atoms with Gasteiger partial charge in [-0.3, -0.25) is 4.99 Å². The number of halogens is 1. The third kappa shape index (κ3) is 7.15. The van der Waals surface area contributed by atoms with Crippen molar-refractivity contribution >= 4 is 29.9 Å². The summed E-state index contributed by atoms with van der Waals surface area (Å²) in [5.74, 6) is 1.68. The highest BCUT2D eigenvalue weighted by Gasteiger charge is 2.24. The quantitative estimate of drug-likeness (QED) is 0.253. The summed E-state index contributed by atoms with van der Waals surface area (Å²) in [5.41, 5.74) is 0. The molecule has 0 radical (unpaired) electrons. The highest BCUT2D eigenvalue weighted by Crippen LogP contribution is 2.16. The van der Waals surface area contributed by atoms with Gasteiger partial charge in [0.25, 0.3) is 0 Å². The van der Waals surface area contributed by atoms with Crippen LogP contribution >= 0.6 is 24.0 Å². The molecule has 0 saturated carbocycles. The summed E-state index contributed by atoms with van der Waals surface area (Å²) >= 11 is 0. The molecule has 19 heavy (non-hydrogen) atoms. The first-order chi connectivity index (χ1) is 8.81. The van der Waals surface area contributed by atoms with E-state index in [4.69, 9.17) is 4.74 Å². The van der Waals surface area contributed by atoms with Crippen molar-refractivity contribution < 1.29 is 4.74 Å². The highest BCUT2D eigenvalue weighted by molar-refractivity contribution is 14.0. The van der Waals surface area contributed by atoms with Gasteiger partial charge in [-0.15, -0.1) is 24.0 Å². The average molecular weight is 381 g/mol. The normalized spacial score (nSPS) is 19.8. The highest BCUT2D eigenvalue weighted by atomic mass is 127. The SMILES string of the molecule is CC=CCCNC(=NC)N1CCC(COCC)C1.I. The summed E-state index contributed by atoms with van der Waals surface area (Å²) in [4.78, 5) is 6.68. The Kier molecular flexibility index (Phi) is 11.3. The van der Waals surface area contributed by atoms with Crippen LogP contribution in [0.25, 0.3) is 0 Å². The van der Waals surface area contributed by atoms with Gasteiger partial charge >= 0.3 is 0 Å². The van der Waals surface area contributed by atoms with Crippen molar-refractivity contribution in [1.29, 1.82) is 0 Å². The Bertz CT molecular complexity index is 282. The molecule has 1 rings (SSSR count). The standard InChI is InChI=1S/C14H27N3O.HI/c1-4-6-7-9-16-14(15-3)17-10-8-13(11-17)12-18-5-2;/h4,6,13H,5,7-12H2,1-3H3,(H,15,16);1H. The summed E-state index contributed by atoms with van der Waals surface area (Å²) in [6, 6.07) is 0. The smallest absolute Gasteiger partial charge is 0.193 e. The van der Waals surface area contributed by atoms with Gasteiger partial charge in [0, 0.05) is 39.2 Å². The van der Waals surface area contributed by atoms with Crippen molar-refractivity contribution in [3.63, 3.8) is 0 Å². The Hall–Kier alpha value is -0.300. The predicted molar refractivity (Wildman–Crippen MR) is 92.4 cm³/mol. The van der Waals surface area contributed by atoms with Crippen molar-refractivity contribution in [2.75, 3.05) is 39.9 Å². The third-order valence-electron chi connectivity index (χ3n) is 3.18. The summed E-state index contributed by atoms with van der Waals surface area (Å²) in [5, 5.41) is 3.41. The largest absolute Gasteiger partial charge is 0.381 e. The Morgan fingerprint density at radius 1 is 1.53 bits per heavy atom. The lowest BCUT2D eigenvalue weighted by molar-refractivity contribution is 0.114. The molecule has 112 valence electrons. The van der Waals surface area contributed by atoms with Gasteiger partial charge in [-0.25, -0.2) is 0 Å². The van der Waals surface area contributed by atoms with Gasteiger partial charge in [-0.2, -0.15) is 0 Å². The number of guanidine groups is 1. The number of hydrogen-bond acceptors (Lipinski definition) is 2. The molecule has 0 spiro atoms. The minimum Gasteiger partial charge on any atom is -0.381 e. The third-order valence-corrected chi connectivity index (χ3v) is 3.18. The Labute approximate surface area is 134 Å². The van der Waals surface area contributed by atoms with E-state index in [-0.39, 0.29) is 24.0 Å². The van der Waals surface area contributed by atoms with Gasteiger partial charge in [0.1, 0.15) is 0 Å².